The SMILES string of the molecule is Cc1ccc(C(c2ccccc2)[n+]2ccccc2)c(C)c1.[I-]. The first-order chi connectivity index (χ1) is 10.3. The quantitative estimate of drug-likeness (QED) is 0.459. The van der Waals surface area contributed by atoms with E-state index in [4.69, 9.17) is 0 Å². The molecule has 0 fully saturated rings. The minimum absolute atomic E-state index is 0. The van der Waals surface area contributed by atoms with E-state index in [0.717, 1.165) is 0 Å². The van der Waals surface area contributed by atoms with Gasteiger partial charge >= 0.3 is 0 Å². The van der Waals surface area contributed by atoms with Crippen LogP contribution in [0.5, 0.6) is 0 Å². The van der Waals surface area contributed by atoms with Crippen molar-refractivity contribution in [2.75, 3.05) is 0 Å². The molecule has 0 bridgehead atoms. The van der Waals surface area contributed by atoms with Crippen LogP contribution in [0.15, 0.2) is 79.1 Å². The third kappa shape index (κ3) is 3.55. The highest BCUT2D eigenvalue weighted by molar-refractivity contribution is 5.37. The molecule has 112 valence electrons. The van der Waals surface area contributed by atoms with Crippen LogP contribution in [0, 0.1) is 13.8 Å². The van der Waals surface area contributed by atoms with Gasteiger partial charge in [-0.3, -0.25) is 0 Å². The molecule has 0 aliphatic carbocycles. The van der Waals surface area contributed by atoms with E-state index in [9.17, 15) is 0 Å². The van der Waals surface area contributed by atoms with E-state index in [1.165, 1.54) is 22.3 Å². The molecule has 0 saturated heterocycles. The zero-order valence-corrected chi connectivity index (χ0v) is 15.1. The molecule has 0 N–H and O–H groups in total. The lowest BCUT2D eigenvalue weighted by Gasteiger charge is -2.16. The van der Waals surface area contributed by atoms with Crippen LogP contribution >= 0.6 is 0 Å². The maximum absolute atomic E-state index is 2.27. The number of nitrogens with zero attached hydrogens (tertiary/aromatic N) is 1. The normalized spacial score (nSPS) is 11.5. The van der Waals surface area contributed by atoms with Crippen molar-refractivity contribution in [3.63, 3.8) is 0 Å². The topological polar surface area (TPSA) is 3.88 Å². The van der Waals surface area contributed by atoms with Crippen molar-refractivity contribution < 1.29 is 28.5 Å². The van der Waals surface area contributed by atoms with Gasteiger partial charge in [-0.1, -0.05) is 60.2 Å². The maximum atomic E-state index is 2.27. The Morgan fingerprint density at radius 2 is 1.41 bits per heavy atom. The van der Waals surface area contributed by atoms with Crippen LogP contribution in [0.4, 0.5) is 0 Å². The number of hydrogen-bond acceptors (Lipinski definition) is 0. The fourth-order valence-corrected chi connectivity index (χ4v) is 2.86. The Bertz CT molecular complexity index is 684. The number of aromatic nitrogens is 1. The molecule has 1 aromatic heterocycles. The summed E-state index contributed by atoms with van der Waals surface area (Å²) in [5.41, 5.74) is 5.30. The summed E-state index contributed by atoms with van der Waals surface area (Å²) < 4.78 is 2.27. The fourth-order valence-electron chi connectivity index (χ4n) is 2.86. The van der Waals surface area contributed by atoms with Crippen LogP contribution in [-0.2, 0) is 0 Å². The number of pyridine rings is 1. The van der Waals surface area contributed by atoms with Gasteiger partial charge in [0.05, 0.1) is 0 Å². The van der Waals surface area contributed by atoms with Crippen molar-refractivity contribution >= 4 is 0 Å². The first-order valence-corrected chi connectivity index (χ1v) is 7.33. The van der Waals surface area contributed by atoms with E-state index in [2.05, 4.69) is 97.5 Å². The Morgan fingerprint density at radius 3 is 2.05 bits per heavy atom. The van der Waals surface area contributed by atoms with Gasteiger partial charge in [-0.2, -0.15) is 4.57 Å². The van der Waals surface area contributed by atoms with Gasteiger partial charge in [-0.15, -0.1) is 0 Å². The number of rotatable bonds is 3. The molecule has 1 unspecified atom stereocenters. The molecule has 0 aliphatic heterocycles. The van der Waals surface area contributed by atoms with Gasteiger partial charge in [0, 0.05) is 23.3 Å². The highest BCUT2D eigenvalue weighted by atomic mass is 127. The van der Waals surface area contributed by atoms with Crippen LogP contribution in [0.25, 0.3) is 0 Å². The van der Waals surface area contributed by atoms with E-state index in [0.29, 0.717) is 0 Å². The van der Waals surface area contributed by atoms with Crippen LogP contribution in [0.1, 0.15) is 28.3 Å². The average molecular weight is 401 g/mol. The minimum atomic E-state index is 0. The Kier molecular flexibility index (Phi) is 5.72. The van der Waals surface area contributed by atoms with Gasteiger partial charge in [0.2, 0.25) is 6.04 Å². The molecule has 0 aliphatic rings. The monoisotopic (exact) mass is 401 g/mol. The zero-order chi connectivity index (χ0) is 14.7. The largest absolute Gasteiger partial charge is 1.00 e. The Morgan fingerprint density at radius 1 is 0.773 bits per heavy atom. The van der Waals surface area contributed by atoms with Gasteiger partial charge < -0.3 is 24.0 Å². The summed E-state index contributed by atoms with van der Waals surface area (Å²) in [6, 6.07) is 23.8. The lowest BCUT2D eigenvalue weighted by atomic mass is 9.93. The standard InChI is InChI=1S/C20H20N.HI/c1-16-11-12-19(17(2)15-16)20(18-9-5-3-6-10-18)21-13-7-4-8-14-21;/h3-15,20H,1-2H3;1H/q+1;/p-1. The molecule has 2 heteroatoms. The van der Waals surface area contributed by atoms with E-state index in [-0.39, 0.29) is 30.0 Å². The van der Waals surface area contributed by atoms with Crippen molar-refractivity contribution in [3.8, 4) is 0 Å². The summed E-state index contributed by atoms with van der Waals surface area (Å²) in [4.78, 5) is 0. The van der Waals surface area contributed by atoms with Crippen LogP contribution in [0.2, 0.25) is 0 Å². The molecule has 0 saturated carbocycles. The van der Waals surface area contributed by atoms with E-state index in [1.54, 1.807) is 0 Å². The van der Waals surface area contributed by atoms with Crippen molar-refractivity contribution in [2.45, 2.75) is 19.9 Å². The maximum Gasteiger partial charge on any atom is 0.209 e. The predicted molar refractivity (Wildman–Crippen MR) is 86.2 cm³/mol. The molecule has 0 spiro atoms. The summed E-state index contributed by atoms with van der Waals surface area (Å²) in [5, 5.41) is 0. The van der Waals surface area contributed by atoms with Crippen molar-refractivity contribution in [3.05, 3.63) is 101 Å². The Hall–Kier alpha value is -1.68. The summed E-state index contributed by atoms with van der Waals surface area (Å²) in [6.45, 7) is 4.34. The number of aryl methyl sites for hydroxylation is 2. The van der Waals surface area contributed by atoms with Gasteiger partial charge in [-0.05, 0) is 19.4 Å². The first-order valence-electron chi connectivity index (χ1n) is 7.33. The third-order valence-corrected chi connectivity index (χ3v) is 3.87. The molecular weight excluding hydrogens is 381 g/mol. The molecule has 1 nitrogen and oxygen atoms in total. The van der Waals surface area contributed by atoms with Crippen LogP contribution in [-0.4, -0.2) is 0 Å². The second-order valence-corrected chi connectivity index (χ2v) is 5.50. The predicted octanol–water partition coefficient (Wildman–Crippen LogP) is 1.23. The molecule has 1 atom stereocenters. The highest BCUT2D eigenvalue weighted by Gasteiger charge is 2.24. The minimum Gasteiger partial charge on any atom is -1.00 e. The van der Waals surface area contributed by atoms with Gasteiger partial charge in [0.25, 0.3) is 0 Å². The van der Waals surface area contributed by atoms with E-state index in [1.807, 2.05) is 0 Å². The summed E-state index contributed by atoms with van der Waals surface area (Å²) in [5.74, 6) is 0. The molecule has 2 aromatic carbocycles. The summed E-state index contributed by atoms with van der Waals surface area (Å²) >= 11 is 0. The molecule has 0 amide bonds. The molecule has 3 aromatic rings. The van der Waals surface area contributed by atoms with Crippen molar-refractivity contribution in [2.24, 2.45) is 0 Å². The molecule has 1 heterocycles. The summed E-state index contributed by atoms with van der Waals surface area (Å²) in [7, 11) is 0. The van der Waals surface area contributed by atoms with E-state index >= 15 is 0 Å². The lowest BCUT2D eigenvalue weighted by molar-refractivity contribution is -0.704. The highest BCUT2D eigenvalue weighted by Crippen LogP contribution is 2.25. The number of benzene rings is 2. The zero-order valence-electron chi connectivity index (χ0n) is 12.9. The average Bonchev–Trinajstić information content (AvgIpc) is 2.52. The molecule has 3 rings (SSSR count). The first kappa shape index (κ1) is 16.7. The second-order valence-electron chi connectivity index (χ2n) is 5.50. The number of halogens is 1. The van der Waals surface area contributed by atoms with Gasteiger partial charge in [0.1, 0.15) is 0 Å². The van der Waals surface area contributed by atoms with Crippen molar-refractivity contribution in [1.82, 2.24) is 0 Å². The smallest absolute Gasteiger partial charge is 0.209 e. The molecule has 0 radical (unpaired) electrons. The van der Waals surface area contributed by atoms with Crippen LogP contribution < -0.4 is 28.5 Å². The Labute approximate surface area is 149 Å². The second kappa shape index (κ2) is 7.54. The van der Waals surface area contributed by atoms with Gasteiger partial charge in [0.15, 0.2) is 12.4 Å². The molecular formula is C20H20IN. The van der Waals surface area contributed by atoms with Crippen LogP contribution in [0.3, 0.4) is 0 Å². The molecule has 22 heavy (non-hydrogen) atoms. The van der Waals surface area contributed by atoms with Crippen molar-refractivity contribution in [1.29, 1.82) is 0 Å². The Balaban J connectivity index is 0.00000176. The van der Waals surface area contributed by atoms with Gasteiger partial charge in [-0.25, -0.2) is 0 Å². The lowest BCUT2D eigenvalue weighted by Crippen LogP contribution is -3.00. The summed E-state index contributed by atoms with van der Waals surface area (Å²) in [6.07, 6.45) is 4.27. The van der Waals surface area contributed by atoms with E-state index < -0.39 is 0 Å². The fraction of sp³-hybridized carbons (Fsp3) is 0.150. The third-order valence-electron chi connectivity index (χ3n) is 3.87. The number of hydrogen-bond donors (Lipinski definition) is 0.